The van der Waals surface area contributed by atoms with Crippen LogP contribution in [0.3, 0.4) is 0 Å². The maximum absolute atomic E-state index is 13.4. The van der Waals surface area contributed by atoms with E-state index in [0.717, 1.165) is 23.3 Å². The third kappa shape index (κ3) is 6.77. The van der Waals surface area contributed by atoms with E-state index in [4.69, 9.17) is 23.2 Å². The van der Waals surface area contributed by atoms with Crippen LogP contribution < -0.4 is 0 Å². The molecule has 0 aliphatic rings. The second-order valence-corrected chi connectivity index (χ2v) is 10.1. The molecule has 1 amide bonds. The van der Waals surface area contributed by atoms with Crippen LogP contribution in [-0.4, -0.2) is 17.4 Å². The predicted octanol–water partition coefficient (Wildman–Crippen LogP) is 8.19. The summed E-state index contributed by atoms with van der Waals surface area (Å²) < 4.78 is 38.8. The molecule has 2 nitrogen and oxygen atoms in total. The van der Waals surface area contributed by atoms with E-state index in [1.807, 2.05) is 18.2 Å². The van der Waals surface area contributed by atoms with Gasteiger partial charge >= 0.3 is 6.18 Å². The standard InChI is InChI=1S/C27H26Cl2F3NO/c1-26(2,3)21-11-6-20(7-12-21)25(34)33(15-14-19-8-13-23(28)16-24(19)29)17-18-4-9-22(10-5-18)27(30,31)32/h4-13,16H,14-15,17H2,1-3H3. The molecule has 0 aliphatic heterocycles. The average Bonchev–Trinajstić information content (AvgIpc) is 2.76. The molecule has 0 heterocycles. The van der Waals surface area contributed by atoms with Crippen LogP contribution in [0.25, 0.3) is 0 Å². The van der Waals surface area contributed by atoms with Gasteiger partial charge in [0.15, 0.2) is 0 Å². The largest absolute Gasteiger partial charge is 0.416 e. The van der Waals surface area contributed by atoms with Crippen LogP contribution >= 0.6 is 23.2 Å². The molecule has 180 valence electrons. The molecular weight excluding hydrogens is 482 g/mol. The molecule has 0 atom stereocenters. The Hall–Kier alpha value is -2.50. The lowest BCUT2D eigenvalue weighted by Crippen LogP contribution is -2.32. The molecule has 0 spiro atoms. The minimum atomic E-state index is -4.41. The Morgan fingerprint density at radius 1 is 0.853 bits per heavy atom. The first-order chi connectivity index (χ1) is 15.8. The number of carbonyl (C=O) groups is 1. The van der Waals surface area contributed by atoms with Crippen LogP contribution in [0, 0.1) is 0 Å². The lowest BCUT2D eigenvalue weighted by Gasteiger charge is -2.24. The van der Waals surface area contributed by atoms with Crippen molar-refractivity contribution in [1.29, 1.82) is 0 Å². The number of nitrogens with zero attached hydrogens (tertiary/aromatic N) is 1. The van der Waals surface area contributed by atoms with E-state index in [1.165, 1.54) is 12.1 Å². The van der Waals surface area contributed by atoms with Crippen LogP contribution in [0.1, 0.15) is 53.4 Å². The van der Waals surface area contributed by atoms with Crippen LogP contribution in [0.2, 0.25) is 10.0 Å². The molecule has 0 saturated carbocycles. The fraction of sp³-hybridized carbons (Fsp3) is 0.296. The molecule has 34 heavy (non-hydrogen) atoms. The third-order valence-corrected chi connectivity index (χ3v) is 6.19. The summed E-state index contributed by atoms with van der Waals surface area (Å²) in [4.78, 5) is 15.0. The van der Waals surface area contributed by atoms with Crippen molar-refractivity contribution < 1.29 is 18.0 Å². The molecule has 0 radical (unpaired) electrons. The van der Waals surface area contributed by atoms with E-state index >= 15 is 0 Å². The number of alkyl halides is 3. The number of benzene rings is 3. The maximum Gasteiger partial charge on any atom is 0.416 e. The van der Waals surface area contributed by atoms with Crippen molar-refractivity contribution in [2.24, 2.45) is 0 Å². The van der Waals surface area contributed by atoms with Gasteiger partial charge in [-0.15, -0.1) is 0 Å². The van der Waals surface area contributed by atoms with E-state index in [1.54, 1.807) is 29.2 Å². The first kappa shape index (κ1) is 26.1. The number of amides is 1. The fourth-order valence-corrected chi connectivity index (χ4v) is 4.05. The molecule has 3 aromatic rings. The van der Waals surface area contributed by atoms with Crippen molar-refractivity contribution in [3.05, 3.63) is 105 Å². The summed E-state index contributed by atoms with van der Waals surface area (Å²) in [7, 11) is 0. The van der Waals surface area contributed by atoms with Gasteiger partial charge in [-0.3, -0.25) is 4.79 Å². The monoisotopic (exact) mass is 507 g/mol. The number of rotatable bonds is 6. The summed E-state index contributed by atoms with van der Waals surface area (Å²) in [6, 6.07) is 17.5. The fourth-order valence-electron chi connectivity index (χ4n) is 3.55. The highest BCUT2D eigenvalue weighted by molar-refractivity contribution is 6.35. The Balaban J connectivity index is 1.85. The SMILES string of the molecule is CC(C)(C)c1ccc(C(=O)N(CCc2ccc(Cl)cc2Cl)Cc2ccc(C(F)(F)F)cc2)cc1. The molecule has 0 unspecified atom stereocenters. The van der Waals surface area contributed by atoms with E-state index < -0.39 is 11.7 Å². The van der Waals surface area contributed by atoms with E-state index in [-0.39, 0.29) is 17.9 Å². The van der Waals surface area contributed by atoms with Gasteiger partial charge in [-0.2, -0.15) is 13.2 Å². The predicted molar refractivity (Wildman–Crippen MR) is 131 cm³/mol. The van der Waals surface area contributed by atoms with Gasteiger partial charge in [0.2, 0.25) is 0 Å². The van der Waals surface area contributed by atoms with Gasteiger partial charge in [0.25, 0.3) is 5.91 Å². The van der Waals surface area contributed by atoms with Crippen molar-refractivity contribution in [1.82, 2.24) is 4.90 Å². The van der Waals surface area contributed by atoms with Gasteiger partial charge in [-0.05, 0) is 64.9 Å². The molecule has 0 N–H and O–H groups in total. The van der Waals surface area contributed by atoms with Crippen molar-refractivity contribution in [3.8, 4) is 0 Å². The van der Waals surface area contributed by atoms with Gasteiger partial charge in [-0.1, -0.05) is 74.3 Å². The number of carbonyl (C=O) groups excluding carboxylic acids is 1. The van der Waals surface area contributed by atoms with Crippen molar-refractivity contribution >= 4 is 29.1 Å². The van der Waals surface area contributed by atoms with Crippen molar-refractivity contribution in [2.75, 3.05) is 6.54 Å². The van der Waals surface area contributed by atoms with Crippen LogP contribution in [0.4, 0.5) is 13.2 Å². The van der Waals surface area contributed by atoms with Crippen LogP contribution in [-0.2, 0) is 24.6 Å². The molecule has 3 rings (SSSR count). The average molecular weight is 508 g/mol. The van der Waals surface area contributed by atoms with Gasteiger partial charge < -0.3 is 4.90 Å². The first-order valence-corrected chi connectivity index (χ1v) is 11.6. The Morgan fingerprint density at radius 2 is 1.44 bits per heavy atom. The quantitative estimate of drug-likeness (QED) is 0.329. The second kappa shape index (κ2) is 10.4. The topological polar surface area (TPSA) is 20.3 Å². The lowest BCUT2D eigenvalue weighted by atomic mass is 9.86. The molecule has 7 heteroatoms. The molecule has 0 fully saturated rings. The highest BCUT2D eigenvalue weighted by atomic mass is 35.5. The number of halogens is 5. The van der Waals surface area contributed by atoms with Gasteiger partial charge in [0.05, 0.1) is 5.56 Å². The van der Waals surface area contributed by atoms with Gasteiger partial charge in [0.1, 0.15) is 0 Å². The molecule has 0 aromatic heterocycles. The highest BCUT2D eigenvalue weighted by Gasteiger charge is 2.30. The second-order valence-electron chi connectivity index (χ2n) is 9.23. The van der Waals surface area contributed by atoms with Crippen LogP contribution in [0.15, 0.2) is 66.7 Å². The molecule has 3 aromatic carbocycles. The first-order valence-electron chi connectivity index (χ1n) is 10.8. The smallest absolute Gasteiger partial charge is 0.334 e. The molecule has 0 bridgehead atoms. The van der Waals surface area contributed by atoms with E-state index in [0.29, 0.717) is 34.1 Å². The zero-order valence-electron chi connectivity index (χ0n) is 19.2. The minimum Gasteiger partial charge on any atom is -0.334 e. The molecule has 0 saturated heterocycles. The summed E-state index contributed by atoms with van der Waals surface area (Å²) in [5, 5.41) is 1.02. The Labute approximate surface area is 208 Å². The van der Waals surface area contributed by atoms with Gasteiger partial charge in [-0.25, -0.2) is 0 Å². The van der Waals surface area contributed by atoms with Crippen molar-refractivity contribution in [2.45, 2.75) is 45.3 Å². The van der Waals surface area contributed by atoms with Gasteiger partial charge in [0, 0.05) is 28.7 Å². The Morgan fingerprint density at radius 3 is 1.97 bits per heavy atom. The molecular formula is C27H26Cl2F3NO. The number of hydrogen-bond acceptors (Lipinski definition) is 1. The third-order valence-electron chi connectivity index (χ3n) is 5.61. The van der Waals surface area contributed by atoms with Crippen molar-refractivity contribution in [3.63, 3.8) is 0 Å². The summed E-state index contributed by atoms with van der Waals surface area (Å²) in [6.07, 6.45) is -3.93. The summed E-state index contributed by atoms with van der Waals surface area (Å²) >= 11 is 12.3. The summed E-state index contributed by atoms with van der Waals surface area (Å²) in [6.45, 7) is 6.79. The highest BCUT2D eigenvalue weighted by Crippen LogP contribution is 2.29. The summed E-state index contributed by atoms with van der Waals surface area (Å²) in [5.41, 5.74) is 2.29. The Bertz CT molecular complexity index is 1130. The zero-order chi connectivity index (χ0) is 25.1. The van der Waals surface area contributed by atoms with E-state index in [2.05, 4.69) is 20.8 Å². The number of hydrogen-bond donors (Lipinski definition) is 0. The Kier molecular flexibility index (Phi) is 7.99. The zero-order valence-corrected chi connectivity index (χ0v) is 20.7. The molecule has 0 aliphatic carbocycles. The van der Waals surface area contributed by atoms with Crippen LogP contribution in [0.5, 0.6) is 0 Å². The lowest BCUT2D eigenvalue weighted by molar-refractivity contribution is -0.137. The maximum atomic E-state index is 13.4. The summed E-state index contributed by atoms with van der Waals surface area (Å²) in [5.74, 6) is -0.203. The normalized spacial score (nSPS) is 12.0. The minimum absolute atomic E-state index is 0.0488. The van der Waals surface area contributed by atoms with E-state index in [9.17, 15) is 18.0 Å².